The van der Waals surface area contributed by atoms with E-state index >= 15 is 0 Å². The Morgan fingerprint density at radius 1 is 1.27 bits per heavy atom. The van der Waals surface area contributed by atoms with Gasteiger partial charge in [-0.1, -0.05) is 6.07 Å². The van der Waals surface area contributed by atoms with Gasteiger partial charge in [0.15, 0.2) is 5.75 Å². The van der Waals surface area contributed by atoms with Crippen LogP contribution in [0, 0.1) is 5.82 Å². The summed E-state index contributed by atoms with van der Waals surface area (Å²) in [5.74, 6) is -1.58. The zero-order valence-electron chi connectivity index (χ0n) is 18.1. The van der Waals surface area contributed by atoms with E-state index in [4.69, 9.17) is 4.74 Å². The maximum Gasteiger partial charge on any atom is 0.267 e. The van der Waals surface area contributed by atoms with Gasteiger partial charge in [-0.05, 0) is 41.3 Å². The number of methoxy groups -OCH3 is 1. The van der Waals surface area contributed by atoms with Crippen LogP contribution in [0.3, 0.4) is 0 Å². The first kappa shape index (κ1) is 22.2. The largest absolute Gasteiger partial charge is 0.505 e. The van der Waals surface area contributed by atoms with E-state index in [0.717, 1.165) is 16.7 Å². The molecule has 170 valence electrons. The number of fused-ring (bicyclic) bond motifs is 1. The molecule has 3 heterocycles. The summed E-state index contributed by atoms with van der Waals surface area (Å²) in [6.07, 6.45) is 7.10. The molecule has 4 aromatic rings. The molecule has 1 aromatic carbocycles. The van der Waals surface area contributed by atoms with Gasteiger partial charge in [0.1, 0.15) is 23.6 Å². The topological polar surface area (TPSA) is 111 Å². The number of nitrogens with zero attached hydrogens (tertiary/aromatic N) is 4. The molecule has 3 aromatic heterocycles. The monoisotopic (exact) mass is 451 g/mol. The summed E-state index contributed by atoms with van der Waals surface area (Å²) in [4.78, 5) is 33.4. The molecule has 33 heavy (non-hydrogen) atoms. The third kappa shape index (κ3) is 4.46. The van der Waals surface area contributed by atoms with Gasteiger partial charge in [-0.2, -0.15) is 0 Å². The van der Waals surface area contributed by atoms with Crippen LogP contribution in [0.25, 0.3) is 11.0 Å². The normalized spacial score (nSPS) is 11.1. The number of amides is 1. The van der Waals surface area contributed by atoms with Gasteiger partial charge in [0.05, 0.1) is 11.8 Å². The van der Waals surface area contributed by atoms with Crippen molar-refractivity contribution < 1.29 is 19.0 Å². The Kier molecular flexibility index (Phi) is 6.18. The van der Waals surface area contributed by atoms with E-state index in [1.165, 1.54) is 30.9 Å². The molecular formula is C23H22FN5O4. The smallest absolute Gasteiger partial charge is 0.267 e. The molecular weight excluding hydrogens is 429 g/mol. The molecule has 0 bridgehead atoms. The van der Waals surface area contributed by atoms with Gasteiger partial charge in [-0.25, -0.2) is 9.37 Å². The molecule has 4 rings (SSSR count). The summed E-state index contributed by atoms with van der Waals surface area (Å²) < 4.78 is 21.8. The molecule has 1 amide bonds. The average molecular weight is 451 g/mol. The highest BCUT2D eigenvalue weighted by molar-refractivity contribution is 6.01. The first-order chi connectivity index (χ1) is 15.9. The van der Waals surface area contributed by atoms with Crippen molar-refractivity contribution in [3.63, 3.8) is 0 Å². The van der Waals surface area contributed by atoms with Gasteiger partial charge in [0, 0.05) is 39.3 Å². The van der Waals surface area contributed by atoms with Crippen molar-refractivity contribution in [3.05, 3.63) is 87.6 Å². The average Bonchev–Trinajstić information content (AvgIpc) is 3.31. The van der Waals surface area contributed by atoms with Gasteiger partial charge in [-0.3, -0.25) is 14.6 Å². The van der Waals surface area contributed by atoms with Gasteiger partial charge in [-0.15, -0.1) is 0 Å². The highest BCUT2D eigenvalue weighted by atomic mass is 19.1. The van der Waals surface area contributed by atoms with Crippen molar-refractivity contribution in [1.82, 2.24) is 24.4 Å². The Bertz CT molecular complexity index is 1380. The number of ether oxygens (including phenoxy) is 1. The molecule has 0 saturated heterocycles. The summed E-state index contributed by atoms with van der Waals surface area (Å²) in [6.45, 7) is 0.345. The predicted octanol–water partition coefficient (Wildman–Crippen LogP) is 1.95. The van der Waals surface area contributed by atoms with Gasteiger partial charge < -0.3 is 24.3 Å². The van der Waals surface area contributed by atoms with Crippen LogP contribution >= 0.6 is 0 Å². The summed E-state index contributed by atoms with van der Waals surface area (Å²) in [5.41, 5.74) is 1.87. The third-order valence-electron chi connectivity index (χ3n) is 5.34. The second-order valence-corrected chi connectivity index (χ2v) is 7.56. The summed E-state index contributed by atoms with van der Waals surface area (Å²) >= 11 is 0. The number of imidazole rings is 1. The minimum Gasteiger partial charge on any atom is -0.505 e. The number of carbonyl (C=O) groups is 1. The number of halogens is 1. The van der Waals surface area contributed by atoms with Gasteiger partial charge in [0.2, 0.25) is 0 Å². The number of carbonyl (C=O) groups excluding carboxylic acids is 1. The van der Waals surface area contributed by atoms with Crippen LogP contribution in [0.5, 0.6) is 5.75 Å². The molecule has 0 spiro atoms. The van der Waals surface area contributed by atoms with Crippen LogP contribution < -0.4 is 10.9 Å². The molecule has 0 aliphatic heterocycles. The van der Waals surface area contributed by atoms with E-state index in [0.29, 0.717) is 18.5 Å². The van der Waals surface area contributed by atoms with Crippen LogP contribution in [0.4, 0.5) is 4.39 Å². The Hall–Kier alpha value is -4.05. The number of rotatable bonds is 7. The molecule has 2 N–H and O–H groups in total. The number of benzene rings is 1. The van der Waals surface area contributed by atoms with Crippen LogP contribution in [-0.2, 0) is 24.8 Å². The lowest BCUT2D eigenvalue weighted by Crippen LogP contribution is -2.33. The second kappa shape index (κ2) is 9.21. The van der Waals surface area contributed by atoms with E-state index < -0.39 is 22.8 Å². The number of hydrogen-bond donors (Lipinski definition) is 2. The highest BCUT2D eigenvalue weighted by Gasteiger charge is 2.22. The molecule has 0 fully saturated rings. The molecule has 0 unspecified atom stereocenters. The summed E-state index contributed by atoms with van der Waals surface area (Å²) in [5, 5.41) is 13.0. The van der Waals surface area contributed by atoms with Crippen molar-refractivity contribution in [2.45, 2.75) is 13.0 Å². The fourth-order valence-corrected chi connectivity index (χ4v) is 3.67. The Balaban J connectivity index is 1.72. The summed E-state index contributed by atoms with van der Waals surface area (Å²) in [6, 6.07) is 6.32. The van der Waals surface area contributed by atoms with E-state index in [2.05, 4.69) is 15.3 Å². The molecule has 0 aliphatic carbocycles. The van der Waals surface area contributed by atoms with Crippen LogP contribution in [0.2, 0.25) is 0 Å². The minimum absolute atomic E-state index is 0.106. The van der Waals surface area contributed by atoms with Crippen LogP contribution in [0.1, 0.15) is 27.0 Å². The number of nitrogens with one attached hydrogen (secondary N) is 1. The molecule has 0 saturated carbocycles. The zero-order chi connectivity index (χ0) is 23.5. The maximum atomic E-state index is 13.9. The zero-order valence-corrected chi connectivity index (χ0v) is 18.1. The third-order valence-corrected chi connectivity index (χ3v) is 5.34. The minimum atomic E-state index is -0.752. The maximum absolute atomic E-state index is 13.9. The number of pyridine rings is 2. The predicted molar refractivity (Wildman–Crippen MR) is 119 cm³/mol. The SMILES string of the molecule is COCNC(=O)c1c(O)c2ncc(Cc3ccc(F)cc3Cn3ccnc3)cc2n(C)c1=O. The van der Waals surface area contributed by atoms with Crippen molar-refractivity contribution in [3.8, 4) is 5.75 Å². The van der Waals surface area contributed by atoms with Crippen LogP contribution in [0.15, 0.2) is 54.0 Å². The highest BCUT2D eigenvalue weighted by Crippen LogP contribution is 2.26. The van der Waals surface area contributed by atoms with E-state index in [-0.39, 0.29) is 18.1 Å². The van der Waals surface area contributed by atoms with E-state index in [1.807, 2.05) is 4.57 Å². The van der Waals surface area contributed by atoms with E-state index in [9.17, 15) is 19.1 Å². The Morgan fingerprint density at radius 2 is 2.09 bits per heavy atom. The first-order valence-electron chi connectivity index (χ1n) is 10.1. The fourth-order valence-electron chi connectivity index (χ4n) is 3.67. The molecule has 9 nitrogen and oxygen atoms in total. The van der Waals surface area contributed by atoms with Crippen molar-refractivity contribution in [2.24, 2.45) is 7.05 Å². The quantitative estimate of drug-likeness (QED) is 0.416. The molecule has 0 radical (unpaired) electrons. The van der Waals surface area contributed by atoms with Gasteiger partial charge in [0.25, 0.3) is 11.5 Å². The lowest BCUT2D eigenvalue weighted by molar-refractivity contribution is 0.0867. The number of aryl methyl sites for hydroxylation is 1. The Morgan fingerprint density at radius 3 is 2.82 bits per heavy atom. The number of aromatic nitrogens is 4. The molecule has 0 atom stereocenters. The standard InChI is InChI=1S/C23H22FN5O4/c1-28-18-8-14(7-15-3-4-17(24)9-16(15)11-29-6-5-25-12-29)10-26-20(18)21(30)19(23(28)32)22(31)27-13-33-2/h3-6,8-10,12,30H,7,11,13H2,1-2H3,(H,27,31). The molecule has 0 aliphatic rings. The summed E-state index contributed by atoms with van der Waals surface area (Å²) in [7, 11) is 2.90. The van der Waals surface area contributed by atoms with Crippen molar-refractivity contribution >= 4 is 16.9 Å². The van der Waals surface area contributed by atoms with Crippen LogP contribution in [-0.4, -0.2) is 44.0 Å². The van der Waals surface area contributed by atoms with Crippen molar-refractivity contribution in [2.75, 3.05) is 13.8 Å². The number of aromatic hydroxyl groups is 1. The lowest BCUT2D eigenvalue weighted by atomic mass is 9.99. The Labute approximate surface area is 188 Å². The lowest BCUT2D eigenvalue weighted by Gasteiger charge is -2.14. The van der Waals surface area contributed by atoms with Crippen molar-refractivity contribution in [1.29, 1.82) is 0 Å². The fraction of sp³-hybridized carbons (Fsp3) is 0.217. The first-order valence-corrected chi connectivity index (χ1v) is 10.1. The molecule has 10 heteroatoms. The second-order valence-electron chi connectivity index (χ2n) is 7.56. The van der Waals surface area contributed by atoms with Gasteiger partial charge >= 0.3 is 0 Å². The number of hydrogen-bond acceptors (Lipinski definition) is 6. The van der Waals surface area contributed by atoms with E-state index in [1.54, 1.807) is 37.1 Å².